The minimum Gasteiger partial charge on any atom is -0.338 e. The molecule has 24 heavy (non-hydrogen) atoms. The van der Waals surface area contributed by atoms with Crippen molar-refractivity contribution in [1.29, 1.82) is 0 Å². The molecule has 3 N–H and O–H groups in total. The van der Waals surface area contributed by atoms with Crippen LogP contribution in [0.2, 0.25) is 0 Å². The lowest BCUT2D eigenvalue weighted by atomic mass is 9.95. The van der Waals surface area contributed by atoms with E-state index in [0.717, 1.165) is 24.2 Å². The third-order valence-corrected chi connectivity index (χ3v) is 4.70. The molecular weight excluding hydrogens is 304 g/mol. The Kier molecular flexibility index (Phi) is 5.10. The van der Waals surface area contributed by atoms with Gasteiger partial charge in [-0.05, 0) is 44.5 Å². The van der Waals surface area contributed by atoms with Gasteiger partial charge in [-0.1, -0.05) is 6.07 Å². The van der Waals surface area contributed by atoms with Crippen LogP contribution >= 0.6 is 0 Å². The minimum absolute atomic E-state index is 0.143. The quantitative estimate of drug-likeness (QED) is 0.778. The molecule has 1 aliphatic heterocycles. The lowest BCUT2D eigenvalue weighted by Crippen LogP contribution is -2.39. The van der Waals surface area contributed by atoms with Crippen LogP contribution in [0, 0.1) is 12.8 Å². The highest BCUT2D eigenvalue weighted by atomic mass is 16.2. The van der Waals surface area contributed by atoms with Crippen LogP contribution < -0.4 is 10.6 Å². The Morgan fingerprint density at radius 2 is 2.29 bits per heavy atom. The summed E-state index contributed by atoms with van der Waals surface area (Å²) in [6.45, 7) is 4.10. The van der Waals surface area contributed by atoms with Gasteiger partial charge in [-0.25, -0.2) is 4.79 Å². The van der Waals surface area contributed by atoms with Crippen LogP contribution in [0.25, 0.3) is 0 Å². The Bertz CT molecular complexity index is 671. The fraction of sp³-hybridized carbons (Fsp3) is 0.471. The molecule has 1 saturated heterocycles. The number of H-pyrrole nitrogens is 1. The van der Waals surface area contributed by atoms with Crippen LogP contribution in [0.1, 0.15) is 29.3 Å². The summed E-state index contributed by atoms with van der Waals surface area (Å²) in [7, 11) is 2.12. The average Bonchev–Trinajstić information content (AvgIpc) is 3.17. The minimum atomic E-state index is -0.143. The van der Waals surface area contributed by atoms with Gasteiger partial charge in [0, 0.05) is 42.8 Å². The number of carbonyl (C=O) groups is 1. The van der Waals surface area contributed by atoms with Gasteiger partial charge in [0.25, 0.3) is 0 Å². The van der Waals surface area contributed by atoms with E-state index < -0.39 is 0 Å². The number of aromatic nitrogens is 3. The van der Waals surface area contributed by atoms with Gasteiger partial charge in [0.15, 0.2) is 0 Å². The summed E-state index contributed by atoms with van der Waals surface area (Å²) in [5, 5.41) is 12.7. The van der Waals surface area contributed by atoms with Gasteiger partial charge < -0.3 is 10.6 Å². The van der Waals surface area contributed by atoms with E-state index in [4.69, 9.17) is 0 Å². The third-order valence-electron chi connectivity index (χ3n) is 4.70. The molecule has 0 aromatic carbocycles. The second-order valence-electron chi connectivity index (χ2n) is 6.34. The fourth-order valence-electron chi connectivity index (χ4n) is 3.33. The van der Waals surface area contributed by atoms with E-state index in [-0.39, 0.29) is 6.03 Å². The van der Waals surface area contributed by atoms with Crippen molar-refractivity contribution in [3.8, 4) is 0 Å². The number of nitrogens with zero attached hydrogens (tertiary/aromatic N) is 3. The molecule has 7 heteroatoms. The van der Waals surface area contributed by atoms with Crippen molar-refractivity contribution in [2.24, 2.45) is 5.92 Å². The molecule has 1 aliphatic rings. The summed E-state index contributed by atoms with van der Waals surface area (Å²) in [6, 6.07) is 4.23. The standard InChI is InChI=1S/C17H24N6O/c1-12-15(11-21-22-12)10-20-17(24)19-9-14-5-7-23(2)16(14)13-4-3-6-18-8-13/h3-4,6,8,11,14,16H,5,7,9-10H2,1-2H3,(H,21,22)(H2,19,20,24)/t14-,16-/m0/s1. The Hall–Kier alpha value is -2.41. The highest BCUT2D eigenvalue weighted by Gasteiger charge is 2.33. The number of rotatable bonds is 5. The topological polar surface area (TPSA) is 85.9 Å². The van der Waals surface area contributed by atoms with Gasteiger partial charge in [0.2, 0.25) is 0 Å². The molecule has 0 saturated carbocycles. The number of amides is 2. The van der Waals surface area contributed by atoms with Crippen LogP contribution in [-0.2, 0) is 6.54 Å². The van der Waals surface area contributed by atoms with Gasteiger partial charge in [0.1, 0.15) is 0 Å². The van der Waals surface area contributed by atoms with Crippen LogP contribution in [0.5, 0.6) is 0 Å². The second-order valence-corrected chi connectivity index (χ2v) is 6.34. The molecule has 2 aromatic rings. The summed E-state index contributed by atoms with van der Waals surface area (Å²) < 4.78 is 0. The van der Waals surface area contributed by atoms with Gasteiger partial charge in [-0.3, -0.25) is 15.0 Å². The molecule has 0 radical (unpaired) electrons. The first kappa shape index (κ1) is 16.4. The number of aryl methyl sites for hydroxylation is 1. The van der Waals surface area contributed by atoms with Crippen molar-refractivity contribution >= 4 is 6.03 Å². The Morgan fingerprint density at radius 1 is 1.42 bits per heavy atom. The first-order valence-corrected chi connectivity index (χ1v) is 8.26. The van der Waals surface area contributed by atoms with Crippen molar-refractivity contribution < 1.29 is 4.79 Å². The number of hydrogen-bond donors (Lipinski definition) is 3. The molecule has 3 rings (SSSR count). The summed E-state index contributed by atoms with van der Waals surface area (Å²) in [5.74, 6) is 0.389. The predicted octanol–water partition coefficient (Wildman–Crippen LogP) is 1.61. The summed E-state index contributed by atoms with van der Waals surface area (Å²) >= 11 is 0. The number of likely N-dealkylation sites (tertiary alicyclic amines) is 1. The maximum Gasteiger partial charge on any atom is 0.315 e. The number of pyridine rings is 1. The zero-order valence-electron chi connectivity index (χ0n) is 14.1. The molecule has 0 spiro atoms. The number of aromatic amines is 1. The van der Waals surface area contributed by atoms with E-state index in [1.807, 2.05) is 19.2 Å². The molecule has 128 valence electrons. The zero-order valence-corrected chi connectivity index (χ0v) is 14.1. The summed E-state index contributed by atoms with van der Waals surface area (Å²) in [4.78, 5) is 18.6. The predicted molar refractivity (Wildman–Crippen MR) is 91.3 cm³/mol. The van der Waals surface area contributed by atoms with Crippen molar-refractivity contribution in [3.05, 3.63) is 47.5 Å². The number of nitrogens with one attached hydrogen (secondary N) is 3. The SMILES string of the molecule is Cc1[nH]ncc1CNC(=O)NC[C@@H]1CCN(C)[C@H]1c1cccnc1. The van der Waals surface area contributed by atoms with E-state index in [2.05, 4.69) is 43.8 Å². The molecule has 2 amide bonds. The van der Waals surface area contributed by atoms with Crippen molar-refractivity contribution in [3.63, 3.8) is 0 Å². The molecule has 0 bridgehead atoms. The average molecular weight is 328 g/mol. The highest BCUT2D eigenvalue weighted by Crippen LogP contribution is 2.35. The van der Waals surface area contributed by atoms with Crippen molar-refractivity contribution in [1.82, 2.24) is 30.7 Å². The van der Waals surface area contributed by atoms with Gasteiger partial charge >= 0.3 is 6.03 Å². The second kappa shape index (κ2) is 7.44. The summed E-state index contributed by atoms with van der Waals surface area (Å²) in [6.07, 6.45) is 6.51. The van der Waals surface area contributed by atoms with Crippen LogP contribution in [0.4, 0.5) is 4.79 Å². The fourth-order valence-corrected chi connectivity index (χ4v) is 3.33. The summed E-state index contributed by atoms with van der Waals surface area (Å²) in [5.41, 5.74) is 3.18. The first-order chi connectivity index (χ1) is 11.6. The van der Waals surface area contributed by atoms with Crippen molar-refractivity contribution in [2.75, 3.05) is 20.1 Å². The maximum atomic E-state index is 12.1. The zero-order chi connectivity index (χ0) is 16.9. The number of urea groups is 1. The monoisotopic (exact) mass is 328 g/mol. The Labute approximate surface area is 141 Å². The lowest BCUT2D eigenvalue weighted by Gasteiger charge is -2.25. The van der Waals surface area contributed by atoms with Gasteiger partial charge in [-0.15, -0.1) is 0 Å². The van der Waals surface area contributed by atoms with Crippen LogP contribution in [-0.4, -0.2) is 46.2 Å². The Morgan fingerprint density at radius 3 is 3.00 bits per heavy atom. The van der Waals surface area contributed by atoms with E-state index in [0.29, 0.717) is 25.0 Å². The highest BCUT2D eigenvalue weighted by molar-refractivity contribution is 5.73. The number of carbonyl (C=O) groups excluding carboxylic acids is 1. The maximum absolute atomic E-state index is 12.1. The van der Waals surface area contributed by atoms with Gasteiger partial charge in [-0.2, -0.15) is 5.10 Å². The largest absolute Gasteiger partial charge is 0.338 e. The van der Waals surface area contributed by atoms with E-state index in [1.165, 1.54) is 5.56 Å². The number of hydrogen-bond acceptors (Lipinski definition) is 4. The van der Waals surface area contributed by atoms with Gasteiger partial charge in [0.05, 0.1) is 6.20 Å². The first-order valence-electron chi connectivity index (χ1n) is 8.26. The molecule has 0 aliphatic carbocycles. The van der Waals surface area contributed by atoms with E-state index >= 15 is 0 Å². The van der Waals surface area contributed by atoms with Crippen LogP contribution in [0.15, 0.2) is 30.7 Å². The molecule has 0 unspecified atom stereocenters. The van der Waals surface area contributed by atoms with E-state index in [1.54, 1.807) is 12.4 Å². The van der Waals surface area contributed by atoms with Crippen molar-refractivity contribution in [2.45, 2.75) is 25.9 Å². The van der Waals surface area contributed by atoms with E-state index in [9.17, 15) is 4.79 Å². The third kappa shape index (κ3) is 3.73. The molecule has 3 heterocycles. The molecule has 2 atom stereocenters. The van der Waals surface area contributed by atoms with Crippen LogP contribution in [0.3, 0.4) is 0 Å². The normalized spacial score (nSPS) is 20.9. The lowest BCUT2D eigenvalue weighted by molar-refractivity contribution is 0.233. The molecule has 7 nitrogen and oxygen atoms in total. The Balaban J connectivity index is 1.52. The molecule has 1 fully saturated rings. The molecular formula is C17H24N6O. The smallest absolute Gasteiger partial charge is 0.315 e. The molecule has 2 aromatic heterocycles.